The minimum Gasteiger partial charge on any atom is -0.288 e. The molecule has 0 radical (unpaired) electrons. The smallest absolute Gasteiger partial charge is 0.288 e. The number of hydrogen-bond donors (Lipinski definition) is 1. The molecule has 1 aromatic heterocycles. The summed E-state index contributed by atoms with van der Waals surface area (Å²) >= 11 is 7.08. The summed E-state index contributed by atoms with van der Waals surface area (Å²) in [6.07, 6.45) is -3.37. The lowest BCUT2D eigenvalue weighted by molar-refractivity contribution is -0.137. The van der Waals surface area contributed by atoms with Crippen molar-refractivity contribution in [3.8, 4) is 0 Å². The third-order valence-corrected chi connectivity index (χ3v) is 7.25. The third-order valence-electron chi connectivity index (χ3n) is 4.53. The number of aromatic nitrogens is 1. The predicted molar refractivity (Wildman–Crippen MR) is 125 cm³/mol. The van der Waals surface area contributed by atoms with Gasteiger partial charge < -0.3 is 0 Å². The van der Waals surface area contributed by atoms with Gasteiger partial charge in [-0.2, -0.15) is 13.2 Å². The van der Waals surface area contributed by atoms with E-state index in [9.17, 15) is 21.6 Å². The first-order chi connectivity index (χ1) is 15.5. The summed E-state index contributed by atoms with van der Waals surface area (Å²) in [5.41, 5.74) is 0.834. The van der Waals surface area contributed by atoms with Crippen molar-refractivity contribution in [1.29, 1.82) is 0 Å². The van der Waals surface area contributed by atoms with Gasteiger partial charge in [0.05, 0.1) is 16.2 Å². The molecular formula is C22H23ClF3N3O2S2. The molecule has 5 nitrogen and oxygen atoms in total. The molecule has 2 aromatic carbocycles. The highest BCUT2D eigenvalue weighted by Gasteiger charge is 2.32. The quantitative estimate of drug-likeness (QED) is 0.417. The second kappa shape index (κ2) is 10.4. The highest BCUT2D eigenvalue weighted by molar-refractivity contribution is 7.93. The van der Waals surface area contributed by atoms with E-state index in [1.54, 1.807) is 0 Å². The fourth-order valence-electron chi connectivity index (χ4n) is 3.12. The monoisotopic (exact) mass is 517 g/mol. The molecule has 2 heterocycles. The maximum Gasteiger partial charge on any atom is 0.416 e. The molecule has 1 aliphatic rings. The summed E-state index contributed by atoms with van der Waals surface area (Å²) < 4.78 is 65.9. The number of halogens is 4. The van der Waals surface area contributed by atoms with Gasteiger partial charge in [-0.15, -0.1) is 0 Å². The number of hydrogen-bond acceptors (Lipinski definition) is 5. The minimum atomic E-state index is -4.62. The molecule has 0 saturated heterocycles. The van der Waals surface area contributed by atoms with Crippen LogP contribution in [0.3, 0.4) is 0 Å². The number of nitrogens with one attached hydrogen (secondary N) is 1. The van der Waals surface area contributed by atoms with Crippen LogP contribution in [0.1, 0.15) is 42.0 Å². The standard InChI is InChI=1S/C19H15ClF3N3O2S2.C3H8/c20-14-6-4-12(5-7-14)9-26-10-16-17(11-26)29-18(24-16)25-30(27,28)15-3-1-2-13(8-15)19(21,22)23;1-3-2/h1-8H,9-11H2,(H,24,25);3H2,1-2H3. The summed E-state index contributed by atoms with van der Waals surface area (Å²) in [4.78, 5) is 6.94. The number of fused-ring (bicyclic) bond motifs is 1. The van der Waals surface area contributed by atoms with E-state index in [0.29, 0.717) is 30.7 Å². The van der Waals surface area contributed by atoms with E-state index >= 15 is 0 Å². The van der Waals surface area contributed by atoms with Crippen LogP contribution in [0.15, 0.2) is 53.4 Å². The van der Waals surface area contributed by atoms with Gasteiger partial charge in [-0.3, -0.25) is 9.62 Å². The molecule has 0 fully saturated rings. The van der Waals surface area contributed by atoms with E-state index in [2.05, 4.69) is 28.5 Å². The SMILES string of the molecule is CCC.O=S(=O)(Nc1nc2c(s1)CN(Cc1ccc(Cl)cc1)C2)c1cccc(C(F)(F)F)c1. The van der Waals surface area contributed by atoms with Crippen LogP contribution in [0.2, 0.25) is 5.02 Å². The molecule has 0 amide bonds. The van der Waals surface area contributed by atoms with Gasteiger partial charge in [0.2, 0.25) is 0 Å². The molecule has 178 valence electrons. The fraction of sp³-hybridized carbons (Fsp3) is 0.318. The number of nitrogens with zero attached hydrogens (tertiary/aromatic N) is 2. The van der Waals surface area contributed by atoms with Crippen LogP contribution < -0.4 is 4.72 Å². The van der Waals surface area contributed by atoms with Gasteiger partial charge in [-0.05, 0) is 35.9 Å². The van der Waals surface area contributed by atoms with Crippen molar-refractivity contribution in [3.63, 3.8) is 0 Å². The maximum absolute atomic E-state index is 12.9. The molecule has 3 aromatic rings. The Morgan fingerprint density at radius 3 is 2.39 bits per heavy atom. The number of alkyl halides is 3. The number of benzene rings is 2. The van der Waals surface area contributed by atoms with Gasteiger partial charge in [0.25, 0.3) is 10.0 Å². The molecule has 1 N–H and O–H groups in total. The van der Waals surface area contributed by atoms with Crippen LogP contribution in [-0.2, 0) is 35.8 Å². The van der Waals surface area contributed by atoms with Crippen LogP contribution in [0.5, 0.6) is 0 Å². The van der Waals surface area contributed by atoms with Crippen molar-refractivity contribution in [2.45, 2.75) is 51.0 Å². The lowest BCUT2D eigenvalue weighted by atomic mass is 10.2. The molecule has 0 unspecified atom stereocenters. The zero-order chi connectivity index (χ0) is 24.2. The third kappa shape index (κ3) is 6.69. The van der Waals surface area contributed by atoms with Crippen molar-refractivity contribution >= 4 is 38.1 Å². The molecule has 0 bridgehead atoms. The number of sulfonamides is 1. The first-order valence-corrected chi connectivity index (χ1v) is 12.8. The van der Waals surface area contributed by atoms with E-state index < -0.39 is 26.7 Å². The number of rotatable bonds is 5. The summed E-state index contributed by atoms with van der Waals surface area (Å²) in [7, 11) is -4.18. The lowest BCUT2D eigenvalue weighted by Gasteiger charge is -2.15. The Kier molecular flexibility index (Phi) is 8.04. The predicted octanol–water partition coefficient (Wildman–Crippen LogP) is 6.55. The van der Waals surface area contributed by atoms with Crippen molar-refractivity contribution in [3.05, 3.63) is 75.3 Å². The first kappa shape index (κ1) is 25.5. The first-order valence-electron chi connectivity index (χ1n) is 10.2. The summed E-state index contributed by atoms with van der Waals surface area (Å²) in [5.74, 6) is 0. The van der Waals surface area contributed by atoms with Crippen molar-refractivity contribution in [2.75, 3.05) is 4.72 Å². The van der Waals surface area contributed by atoms with Crippen molar-refractivity contribution in [2.24, 2.45) is 0 Å². The van der Waals surface area contributed by atoms with E-state index in [1.165, 1.54) is 17.8 Å². The molecule has 1 aliphatic heterocycles. The average Bonchev–Trinajstić information content (AvgIpc) is 3.27. The number of thiazole rings is 1. The zero-order valence-electron chi connectivity index (χ0n) is 18.0. The van der Waals surface area contributed by atoms with E-state index in [-0.39, 0.29) is 5.13 Å². The van der Waals surface area contributed by atoms with E-state index in [4.69, 9.17) is 11.6 Å². The van der Waals surface area contributed by atoms with Gasteiger partial charge in [0.15, 0.2) is 5.13 Å². The molecule has 11 heteroatoms. The van der Waals surface area contributed by atoms with Crippen LogP contribution in [0.25, 0.3) is 0 Å². The largest absolute Gasteiger partial charge is 0.416 e. The van der Waals surface area contributed by atoms with Crippen LogP contribution in [0, 0.1) is 0 Å². The van der Waals surface area contributed by atoms with Crippen LogP contribution in [-0.4, -0.2) is 18.3 Å². The van der Waals surface area contributed by atoms with E-state index in [0.717, 1.165) is 34.3 Å². The molecule has 0 saturated carbocycles. The molecule has 0 atom stereocenters. The summed E-state index contributed by atoms with van der Waals surface area (Å²) in [5, 5.41) is 0.808. The summed E-state index contributed by atoms with van der Waals surface area (Å²) in [6.45, 7) is 6.12. The van der Waals surface area contributed by atoms with Gasteiger partial charge in [0, 0.05) is 29.5 Å². The van der Waals surface area contributed by atoms with Gasteiger partial charge in [-0.1, -0.05) is 61.4 Å². The second-order valence-electron chi connectivity index (χ2n) is 7.50. The fourth-order valence-corrected chi connectivity index (χ4v) is 5.54. The highest BCUT2D eigenvalue weighted by Crippen LogP contribution is 2.34. The Labute approximate surface area is 200 Å². The second-order valence-corrected chi connectivity index (χ2v) is 10.7. The molecule has 0 aliphatic carbocycles. The highest BCUT2D eigenvalue weighted by atomic mass is 35.5. The summed E-state index contributed by atoms with van der Waals surface area (Å²) in [6, 6.07) is 11.1. The molecular weight excluding hydrogens is 495 g/mol. The lowest BCUT2D eigenvalue weighted by Crippen LogP contribution is -2.17. The minimum absolute atomic E-state index is 0.142. The van der Waals surface area contributed by atoms with Gasteiger partial charge in [-0.25, -0.2) is 13.4 Å². The topological polar surface area (TPSA) is 62.3 Å². The normalized spacial score (nSPS) is 13.9. The molecule has 0 spiro atoms. The van der Waals surface area contributed by atoms with Crippen molar-refractivity contribution < 1.29 is 21.6 Å². The van der Waals surface area contributed by atoms with Crippen LogP contribution >= 0.6 is 22.9 Å². The maximum atomic E-state index is 12.9. The average molecular weight is 518 g/mol. The Balaban J connectivity index is 0.000000968. The Bertz CT molecular complexity index is 1170. The van der Waals surface area contributed by atoms with Crippen molar-refractivity contribution in [1.82, 2.24) is 9.88 Å². The molecule has 33 heavy (non-hydrogen) atoms. The Morgan fingerprint density at radius 1 is 1.12 bits per heavy atom. The van der Waals surface area contributed by atoms with Crippen LogP contribution in [0.4, 0.5) is 18.3 Å². The Morgan fingerprint density at radius 2 is 1.79 bits per heavy atom. The number of anilines is 1. The Hall–Kier alpha value is -2.14. The van der Waals surface area contributed by atoms with Gasteiger partial charge in [0.1, 0.15) is 0 Å². The zero-order valence-corrected chi connectivity index (χ0v) is 20.4. The van der Waals surface area contributed by atoms with E-state index in [1.807, 2.05) is 24.3 Å². The molecule has 4 rings (SSSR count). The van der Waals surface area contributed by atoms with Gasteiger partial charge >= 0.3 is 6.18 Å².